The summed E-state index contributed by atoms with van der Waals surface area (Å²) in [5.41, 5.74) is 4.67. The molecule has 0 saturated heterocycles. The van der Waals surface area contributed by atoms with E-state index in [1.54, 1.807) is 0 Å². The van der Waals surface area contributed by atoms with Crippen molar-refractivity contribution in [2.45, 2.75) is 31.2 Å². The number of hydrogen-bond donors (Lipinski definition) is 3. The van der Waals surface area contributed by atoms with E-state index in [2.05, 4.69) is 5.73 Å². The average molecular weight is 324 g/mol. The molecule has 1 unspecified atom stereocenters. The van der Waals surface area contributed by atoms with E-state index in [9.17, 15) is 40.7 Å². The SMILES string of the molecule is NC(=O)CCC(NC(=O)C(C(F)(F)F)C(F)(F)F)C(=O)O. The number of rotatable bonds is 6. The van der Waals surface area contributed by atoms with Crippen LogP contribution in [-0.4, -0.2) is 41.3 Å². The second kappa shape index (κ2) is 6.63. The molecule has 0 aliphatic carbocycles. The topological polar surface area (TPSA) is 109 Å². The van der Waals surface area contributed by atoms with Gasteiger partial charge in [0.1, 0.15) is 6.04 Å². The molecule has 12 heteroatoms. The molecule has 0 saturated carbocycles. The molecule has 0 heterocycles. The Balaban J connectivity index is 5.10. The lowest BCUT2D eigenvalue weighted by Gasteiger charge is -2.24. The van der Waals surface area contributed by atoms with Crippen LogP contribution < -0.4 is 11.1 Å². The quantitative estimate of drug-likeness (QED) is 0.620. The lowest BCUT2D eigenvalue weighted by atomic mass is 10.1. The van der Waals surface area contributed by atoms with E-state index in [0.29, 0.717) is 0 Å². The summed E-state index contributed by atoms with van der Waals surface area (Å²) in [5.74, 6) is -9.85. The van der Waals surface area contributed by atoms with E-state index in [1.807, 2.05) is 0 Å². The van der Waals surface area contributed by atoms with Gasteiger partial charge in [0.05, 0.1) is 0 Å². The van der Waals surface area contributed by atoms with Gasteiger partial charge in [-0.25, -0.2) is 4.79 Å². The van der Waals surface area contributed by atoms with Crippen LogP contribution in [0, 0.1) is 5.92 Å². The minimum atomic E-state index is -5.94. The fraction of sp³-hybridized carbons (Fsp3) is 0.667. The zero-order valence-electron chi connectivity index (χ0n) is 10.1. The number of hydrogen-bond acceptors (Lipinski definition) is 3. The molecule has 6 nitrogen and oxygen atoms in total. The summed E-state index contributed by atoms with van der Waals surface area (Å²) in [7, 11) is 0. The standard InChI is InChI=1S/C9H10F6N2O4/c10-8(11,12)5(9(13,14)15)6(19)17-3(7(20)21)1-2-4(16)18/h3,5H,1-2H2,(H2,16,18)(H,17,19)(H,20,21). The van der Waals surface area contributed by atoms with Crippen LogP contribution in [0.2, 0.25) is 0 Å². The molecule has 0 radical (unpaired) electrons. The van der Waals surface area contributed by atoms with Crippen molar-refractivity contribution >= 4 is 17.8 Å². The predicted octanol–water partition coefficient (Wildman–Crippen LogP) is 0.562. The fourth-order valence-corrected chi connectivity index (χ4v) is 1.28. The number of alkyl halides is 6. The Morgan fingerprint density at radius 2 is 1.48 bits per heavy atom. The number of amides is 2. The number of carboxylic acids is 1. The predicted molar refractivity (Wildman–Crippen MR) is 53.6 cm³/mol. The molecule has 21 heavy (non-hydrogen) atoms. The fourth-order valence-electron chi connectivity index (χ4n) is 1.28. The molecule has 0 aromatic heterocycles. The number of halogens is 6. The van der Waals surface area contributed by atoms with E-state index >= 15 is 0 Å². The molecule has 0 spiro atoms. The van der Waals surface area contributed by atoms with E-state index < -0.39 is 54.9 Å². The van der Waals surface area contributed by atoms with E-state index in [1.165, 1.54) is 0 Å². The monoisotopic (exact) mass is 324 g/mol. The van der Waals surface area contributed by atoms with Gasteiger partial charge in [0.25, 0.3) is 0 Å². The van der Waals surface area contributed by atoms with Crippen molar-refractivity contribution in [3.05, 3.63) is 0 Å². The number of primary amides is 1. The highest BCUT2D eigenvalue weighted by Crippen LogP contribution is 2.39. The van der Waals surface area contributed by atoms with E-state index in [-0.39, 0.29) is 0 Å². The van der Waals surface area contributed by atoms with Crippen LogP contribution in [0.1, 0.15) is 12.8 Å². The normalized spacial score (nSPS) is 13.9. The summed E-state index contributed by atoms with van der Waals surface area (Å²) in [6, 6.07) is -2.10. The van der Waals surface area contributed by atoms with Crippen LogP contribution in [-0.2, 0) is 14.4 Å². The van der Waals surface area contributed by atoms with Crippen LogP contribution in [0.4, 0.5) is 26.3 Å². The Bertz CT molecular complexity index is 405. The molecule has 4 N–H and O–H groups in total. The second-order valence-corrected chi connectivity index (χ2v) is 3.92. The van der Waals surface area contributed by atoms with Crippen LogP contribution in [0.15, 0.2) is 0 Å². The van der Waals surface area contributed by atoms with Gasteiger partial charge in [0.2, 0.25) is 17.7 Å². The zero-order valence-corrected chi connectivity index (χ0v) is 10.1. The Morgan fingerprint density at radius 1 is 1.05 bits per heavy atom. The van der Waals surface area contributed by atoms with Gasteiger partial charge < -0.3 is 16.2 Å². The first-order valence-electron chi connectivity index (χ1n) is 5.21. The van der Waals surface area contributed by atoms with Crippen molar-refractivity contribution in [1.29, 1.82) is 0 Å². The van der Waals surface area contributed by atoms with E-state index in [0.717, 1.165) is 5.32 Å². The zero-order chi connectivity index (χ0) is 17.0. The Kier molecular flexibility index (Phi) is 5.99. The summed E-state index contributed by atoms with van der Waals surface area (Å²) in [6.07, 6.45) is -13.2. The van der Waals surface area contributed by atoms with Crippen LogP contribution in [0.5, 0.6) is 0 Å². The lowest BCUT2D eigenvalue weighted by molar-refractivity contribution is -0.274. The maximum absolute atomic E-state index is 12.2. The second-order valence-electron chi connectivity index (χ2n) is 3.92. The Labute approximate surface area is 113 Å². The molecule has 0 aliphatic heterocycles. The van der Waals surface area contributed by atoms with Crippen LogP contribution >= 0.6 is 0 Å². The van der Waals surface area contributed by atoms with Crippen molar-refractivity contribution in [2.24, 2.45) is 11.7 Å². The molecular formula is C9H10F6N2O4. The summed E-state index contributed by atoms with van der Waals surface area (Å²) >= 11 is 0. The van der Waals surface area contributed by atoms with Crippen molar-refractivity contribution in [3.8, 4) is 0 Å². The first-order chi connectivity index (χ1) is 9.26. The van der Waals surface area contributed by atoms with Gasteiger partial charge in [-0.1, -0.05) is 0 Å². The van der Waals surface area contributed by atoms with Crippen LogP contribution in [0.3, 0.4) is 0 Å². The van der Waals surface area contributed by atoms with Crippen molar-refractivity contribution in [2.75, 3.05) is 0 Å². The number of nitrogens with one attached hydrogen (secondary N) is 1. The highest BCUT2D eigenvalue weighted by molar-refractivity contribution is 5.86. The minimum Gasteiger partial charge on any atom is -0.480 e. The van der Waals surface area contributed by atoms with Crippen LogP contribution in [0.25, 0.3) is 0 Å². The van der Waals surface area contributed by atoms with Crippen molar-refractivity contribution < 1.29 is 45.8 Å². The number of carbonyl (C=O) groups is 3. The molecule has 0 bridgehead atoms. The molecule has 0 aromatic carbocycles. The first-order valence-corrected chi connectivity index (χ1v) is 5.21. The van der Waals surface area contributed by atoms with Gasteiger partial charge in [-0.05, 0) is 6.42 Å². The number of carboxylic acid groups (broad SMARTS) is 1. The summed E-state index contributed by atoms with van der Waals surface area (Å²) in [6.45, 7) is 0. The molecule has 0 rings (SSSR count). The van der Waals surface area contributed by atoms with Crippen molar-refractivity contribution in [1.82, 2.24) is 5.32 Å². The number of nitrogens with two attached hydrogens (primary N) is 1. The third-order valence-electron chi connectivity index (χ3n) is 2.21. The lowest BCUT2D eigenvalue weighted by Crippen LogP contribution is -2.52. The highest BCUT2D eigenvalue weighted by Gasteiger charge is 2.61. The van der Waals surface area contributed by atoms with Gasteiger partial charge in [-0.2, -0.15) is 26.3 Å². The third-order valence-corrected chi connectivity index (χ3v) is 2.21. The molecule has 0 fully saturated rings. The number of carbonyl (C=O) groups excluding carboxylic acids is 2. The molecule has 1 atom stereocenters. The Morgan fingerprint density at radius 3 is 1.76 bits per heavy atom. The molecular weight excluding hydrogens is 314 g/mol. The minimum absolute atomic E-state index is 0.639. The van der Waals surface area contributed by atoms with Gasteiger partial charge >= 0.3 is 18.3 Å². The molecule has 0 aliphatic rings. The summed E-state index contributed by atoms with van der Waals surface area (Å²) in [5, 5.41) is 9.69. The first kappa shape index (κ1) is 19.0. The highest BCUT2D eigenvalue weighted by atomic mass is 19.4. The van der Waals surface area contributed by atoms with Gasteiger partial charge in [-0.15, -0.1) is 0 Å². The third kappa shape index (κ3) is 6.31. The summed E-state index contributed by atoms with van der Waals surface area (Å²) in [4.78, 5) is 32.1. The molecule has 122 valence electrons. The molecule has 2 amide bonds. The van der Waals surface area contributed by atoms with Gasteiger partial charge in [0.15, 0.2) is 0 Å². The number of aliphatic carboxylic acids is 1. The average Bonchev–Trinajstić information content (AvgIpc) is 2.18. The maximum Gasteiger partial charge on any atom is 0.409 e. The largest absolute Gasteiger partial charge is 0.480 e. The van der Waals surface area contributed by atoms with Crippen molar-refractivity contribution in [3.63, 3.8) is 0 Å². The van der Waals surface area contributed by atoms with Gasteiger partial charge in [-0.3, -0.25) is 9.59 Å². The maximum atomic E-state index is 12.2. The Hall–Kier alpha value is -2.01. The summed E-state index contributed by atoms with van der Waals surface area (Å²) < 4.78 is 73.4. The van der Waals surface area contributed by atoms with E-state index in [4.69, 9.17) is 5.11 Å². The molecule has 0 aromatic rings. The van der Waals surface area contributed by atoms with Gasteiger partial charge in [0, 0.05) is 6.42 Å². The smallest absolute Gasteiger partial charge is 0.409 e.